The summed E-state index contributed by atoms with van der Waals surface area (Å²) in [5, 5.41) is 11.8. The zero-order valence-electron chi connectivity index (χ0n) is 16.0. The quantitative estimate of drug-likeness (QED) is 0.522. The van der Waals surface area contributed by atoms with Crippen molar-refractivity contribution in [1.29, 1.82) is 5.26 Å². The molecule has 0 radical (unpaired) electrons. The molecular formula is C20H23N3O4S. The second-order valence-corrected chi connectivity index (χ2v) is 8.48. The maximum Gasteiger partial charge on any atom is 0.262 e. The predicted octanol–water partition coefficient (Wildman–Crippen LogP) is 2.75. The third-order valence-electron chi connectivity index (χ3n) is 3.77. The summed E-state index contributed by atoms with van der Waals surface area (Å²) in [6.45, 7) is 6.19. The van der Waals surface area contributed by atoms with Crippen molar-refractivity contribution in [2.75, 3.05) is 6.54 Å². The second kappa shape index (κ2) is 9.35. The number of carbonyl (C=O) groups is 1. The average Bonchev–Trinajstić information content (AvgIpc) is 3.10. The lowest BCUT2D eigenvalue weighted by Crippen LogP contribution is -2.28. The van der Waals surface area contributed by atoms with Gasteiger partial charge in [-0.1, -0.05) is 31.5 Å². The van der Waals surface area contributed by atoms with E-state index in [1.165, 1.54) is 18.2 Å². The first kappa shape index (κ1) is 21.4. The zero-order chi connectivity index (χ0) is 20.7. The van der Waals surface area contributed by atoms with Crippen molar-refractivity contribution >= 4 is 22.0 Å². The topological polar surface area (TPSA) is 112 Å². The fourth-order valence-corrected chi connectivity index (χ4v) is 3.21. The number of benzene rings is 1. The molecule has 0 bridgehead atoms. The van der Waals surface area contributed by atoms with E-state index in [9.17, 15) is 18.5 Å². The van der Waals surface area contributed by atoms with Gasteiger partial charge in [-0.25, -0.2) is 13.1 Å². The van der Waals surface area contributed by atoms with Gasteiger partial charge in [0.25, 0.3) is 5.91 Å². The molecule has 1 amide bonds. The Morgan fingerprint density at radius 3 is 2.50 bits per heavy atom. The first-order valence-electron chi connectivity index (χ1n) is 8.76. The molecule has 0 aliphatic heterocycles. The minimum Gasteiger partial charge on any atom is -0.460 e. The van der Waals surface area contributed by atoms with Crippen molar-refractivity contribution in [2.45, 2.75) is 32.2 Å². The van der Waals surface area contributed by atoms with E-state index in [0.29, 0.717) is 18.1 Å². The number of sulfonamides is 1. The SMILES string of the molecule is Cc1ccc(S(=O)(=O)NCc2ccc(/C=C(/C#N)C(=O)NCC(C)C)o2)cc1. The van der Waals surface area contributed by atoms with Crippen LogP contribution in [0.5, 0.6) is 0 Å². The normalized spacial score (nSPS) is 12.0. The Morgan fingerprint density at radius 2 is 1.89 bits per heavy atom. The molecule has 0 unspecified atom stereocenters. The van der Waals surface area contributed by atoms with Crippen LogP contribution < -0.4 is 10.0 Å². The van der Waals surface area contributed by atoms with E-state index in [1.807, 2.05) is 26.8 Å². The van der Waals surface area contributed by atoms with E-state index in [0.717, 1.165) is 5.56 Å². The standard InChI is InChI=1S/C20H23N3O4S/c1-14(2)12-22-20(24)16(11-21)10-17-6-7-18(27-17)13-23-28(25,26)19-8-4-15(3)5-9-19/h4-10,14,23H,12-13H2,1-3H3,(H,22,24)/b16-10-. The minimum atomic E-state index is -3.66. The van der Waals surface area contributed by atoms with Crippen molar-refractivity contribution < 1.29 is 17.6 Å². The van der Waals surface area contributed by atoms with Gasteiger partial charge in [0.05, 0.1) is 11.4 Å². The van der Waals surface area contributed by atoms with Gasteiger partial charge in [-0.15, -0.1) is 0 Å². The Kier molecular flexibility index (Phi) is 7.15. The van der Waals surface area contributed by atoms with Gasteiger partial charge < -0.3 is 9.73 Å². The zero-order valence-corrected chi connectivity index (χ0v) is 16.8. The predicted molar refractivity (Wildman–Crippen MR) is 105 cm³/mol. The van der Waals surface area contributed by atoms with Gasteiger partial charge in [0.2, 0.25) is 10.0 Å². The smallest absolute Gasteiger partial charge is 0.262 e. The highest BCUT2D eigenvalue weighted by Crippen LogP contribution is 2.14. The molecule has 0 aliphatic carbocycles. The molecule has 2 rings (SSSR count). The van der Waals surface area contributed by atoms with Gasteiger partial charge in [-0.2, -0.15) is 5.26 Å². The number of nitriles is 1. The summed E-state index contributed by atoms with van der Waals surface area (Å²) < 4.78 is 32.6. The van der Waals surface area contributed by atoms with Crippen molar-refractivity contribution in [3.8, 4) is 6.07 Å². The Balaban J connectivity index is 2.04. The van der Waals surface area contributed by atoms with Crippen molar-refractivity contribution in [3.63, 3.8) is 0 Å². The minimum absolute atomic E-state index is 0.0501. The van der Waals surface area contributed by atoms with Crippen LogP contribution in [0, 0.1) is 24.2 Å². The fraction of sp³-hybridized carbons (Fsp3) is 0.300. The first-order chi connectivity index (χ1) is 13.2. The van der Waals surface area contributed by atoms with Crippen molar-refractivity contribution in [1.82, 2.24) is 10.0 Å². The molecule has 1 aromatic carbocycles. The molecule has 1 aromatic heterocycles. The number of nitrogens with one attached hydrogen (secondary N) is 2. The molecule has 8 heteroatoms. The molecule has 0 saturated carbocycles. The monoisotopic (exact) mass is 401 g/mol. The van der Waals surface area contributed by atoms with E-state index in [2.05, 4.69) is 10.0 Å². The van der Waals surface area contributed by atoms with Crippen LogP contribution in [0.25, 0.3) is 6.08 Å². The largest absolute Gasteiger partial charge is 0.460 e. The van der Waals surface area contributed by atoms with E-state index >= 15 is 0 Å². The van der Waals surface area contributed by atoms with Gasteiger partial charge in [0.15, 0.2) is 0 Å². The molecule has 2 aromatic rings. The molecule has 148 valence electrons. The summed E-state index contributed by atoms with van der Waals surface area (Å²) in [5.41, 5.74) is 0.883. The Hall–Kier alpha value is -2.89. The van der Waals surface area contributed by atoms with E-state index in [-0.39, 0.29) is 22.9 Å². The second-order valence-electron chi connectivity index (χ2n) is 6.72. The molecule has 0 fully saturated rings. The third kappa shape index (κ3) is 6.08. The van der Waals surface area contributed by atoms with Crippen LogP contribution in [0.1, 0.15) is 30.9 Å². The molecule has 0 aliphatic rings. The average molecular weight is 401 g/mol. The van der Waals surface area contributed by atoms with Crippen LogP contribution in [0.3, 0.4) is 0 Å². The number of aryl methyl sites for hydroxylation is 1. The van der Waals surface area contributed by atoms with Gasteiger partial charge in [-0.05, 0) is 37.1 Å². The fourth-order valence-electron chi connectivity index (χ4n) is 2.22. The van der Waals surface area contributed by atoms with Crippen LogP contribution in [0.2, 0.25) is 0 Å². The van der Waals surface area contributed by atoms with Crippen molar-refractivity contribution in [2.24, 2.45) is 5.92 Å². The first-order valence-corrected chi connectivity index (χ1v) is 10.2. The summed E-state index contributed by atoms with van der Waals surface area (Å²) in [7, 11) is -3.66. The summed E-state index contributed by atoms with van der Waals surface area (Å²) in [4.78, 5) is 12.2. The number of nitrogens with zero attached hydrogens (tertiary/aromatic N) is 1. The van der Waals surface area contributed by atoms with Crippen LogP contribution in [0.4, 0.5) is 0 Å². The number of furan rings is 1. The number of hydrogen-bond donors (Lipinski definition) is 2. The van der Waals surface area contributed by atoms with E-state index in [1.54, 1.807) is 24.3 Å². The van der Waals surface area contributed by atoms with E-state index in [4.69, 9.17) is 4.42 Å². The number of rotatable bonds is 8. The van der Waals surface area contributed by atoms with Crippen LogP contribution in [-0.2, 0) is 21.4 Å². The number of amides is 1. The lowest BCUT2D eigenvalue weighted by atomic mass is 10.2. The lowest BCUT2D eigenvalue weighted by molar-refractivity contribution is -0.117. The maximum atomic E-state index is 12.3. The van der Waals surface area contributed by atoms with Crippen LogP contribution in [-0.4, -0.2) is 20.9 Å². The molecule has 2 N–H and O–H groups in total. The molecule has 28 heavy (non-hydrogen) atoms. The summed E-state index contributed by atoms with van der Waals surface area (Å²) in [6, 6.07) is 11.5. The molecule has 0 spiro atoms. The van der Waals surface area contributed by atoms with Crippen LogP contribution in [0.15, 0.2) is 51.3 Å². The Labute approximate surface area is 165 Å². The number of hydrogen-bond acceptors (Lipinski definition) is 5. The third-order valence-corrected chi connectivity index (χ3v) is 5.19. The highest BCUT2D eigenvalue weighted by atomic mass is 32.2. The molecule has 0 atom stereocenters. The van der Waals surface area contributed by atoms with Gasteiger partial charge in [-0.3, -0.25) is 4.79 Å². The Morgan fingerprint density at radius 1 is 1.21 bits per heavy atom. The molecular weight excluding hydrogens is 378 g/mol. The summed E-state index contributed by atoms with van der Waals surface area (Å²) in [5.74, 6) is 0.442. The van der Waals surface area contributed by atoms with Gasteiger partial charge in [0, 0.05) is 12.6 Å². The maximum absolute atomic E-state index is 12.3. The summed E-state index contributed by atoms with van der Waals surface area (Å²) in [6.07, 6.45) is 1.33. The van der Waals surface area contributed by atoms with Crippen LogP contribution >= 0.6 is 0 Å². The lowest BCUT2D eigenvalue weighted by Gasteiger charge is -2.06. The highest BCUT2D eigenvalue weighted by Gasteiger charge is 2.15. The molecule has 7 nitrogen and oxygen atoms in total. The number of carbonyl (C=O) groups excluding carboxylic acids is 1. The van der Waals surface area contributed by atoms with Gasteiger partial charge >= 0.3 is 0 Å². The molecule has 1 heterocycles. The Bertz CT molecular complexity index is 997. The van der Waals surface area contributed by atoms with Crippen molar-refractivity contribution in [3.05, 3.63) is 59.1 Å². The summed E-state index contributed by atoms with van der Waals surface area (Å²) >= 11 is 0. The highest BCUT2D eigenvalue weighted by molar-refractivity contribution is 7.89. The van der Waals surface area contributed by atoms with Gasteiger partial charge in [0.1, 0.15) is 23.2 Å². The molecule has 0 saturated heterocycles. The van der Waals surface area contributed by atoms with E-state index < -0.39 is 15.9 Å².